The van der Waals surface area contributed by atoms with Crippen molar-refractivity contribution < 1.29 is 4.79 Å². The fourth-order valence-corrected chi connectivity index (χ4v) is 6.46. The minimum atomic E-state index is -0.307. The molecule has 2 atom stereocenters. The fraction of sp³-hybridized carbons (Fsp3) is 0.355. The molecule has 38 heavy (non-hydrogen) atoms. The van der Waals surface area contributed by atoms with Crippen LogP contribution in [0, 0.1) is 5.92 Å². The molecule has 7 nitrogen and oxygen atoms in total. The summed E-state index contributed by atoms with van der Waals surface area (Å²) in [5.41, 5.74) is 5.23. The third-order valence-electron chi connectivity index (χ3n) is 8.27. The quantitative estimate of drug-likeness (QED) is 0.335. The predicted molar refractivity (Wildman–Crippen MR) is 148 cm³/mol. The van der Waals surface area contributed by atoms with Crippen molar-refractivity contribution >= 4 is 5.91 Å². The van der Waals surface area contributed by atoms with E-state index in [1.54, 1.807) is 0 Å². The molecular weight excluding hydrogens is 472 g/mol. The van der Waals surface area contributed by atoms with Gasteiger partial charge in [0, 0.05) is 18.7 Å². The Morgan fingerprint density at radius 3 is 2.39 bits per heavy atom. The largest absolute Gasteiger partial charge is 0.274 e. The number of rotatable bonds is 8. The second kappa shape index (κ2) is 10.5. The number of aromatic amines is 1. The van der Waals surface area contributed by atoms with Crippen molar-refractivity contribution in [1.82, 2.24) is 30.6 Å². The van der Waals surface area contributed by atoms with Gasteiger partial charge in [0.2, 0.25) is 11.7 Å². The van der Waals surface area contributed by atoms with Crippen molar-refractivity contribution in [2.45, 2.75) is 51.0 Å². The molecule has 2 fully saturated rings. The van der Waals surface area contributed by atoms with Gasteiger partial charge in [-0.05, 0) is 53.2 Å². The molecule has 2 unspecified atom stereocenters. The zero-order valence-electron chi connectivity index (χ0n) is 21.9. The van der Waals surface area contributed by atoms with Crippen LogP contribution in [0.1, 0.15) is 50.2 Å². The van der Waals surface area contributed by atoms with Crippen LogP contribution in [0.3, 0.4) is 0 Å². The Morgan fingerprint density at radius 1 is 0.921 bits per heavy atom. The molecule has 2 saturated heterocycles. The average molecular weight is 507 g/mol. The molecule has 4 aromatic rings. The number of fused-ring (bicyclic) bond motifs is 1. The SMILES string of the molecule is CCCCC1(c2ccccc2)C(Cc2ccc(-c3ccccc3-c3nn[nH]n3)cc2)C(=O)N2CCCCN21. The van der Waals surface area contributed by atoms with Gasteiger partial charge in [-0.15, -0.1) is 10.2 Å². The Hall–Kier alpha value is -3.84. The number of hydrogen-bond acceptors (Lipinski definition) is 5. The Labute approximate surface area is 223 Å². The molecule has 3 heterocycles. The van der Waals surface area contributed by atoms with Gasteiger partial charge in [0.1, 0.15) is 0 Å². The maximum atomic E-state index is 14.0. The van der Waals surface area contributed by atoms with Crippen LogP contribution in [0.15, 0.2) is 78.9 Å². The third kappa shape index (κ3) is 4.21. The van der Waals surface area contributed by atoms with E-state index in [1.807, 2.05) is 18.2 Å². The molecule has 2 aliphatic rings. The molecule has 7 heteroatoms. The zero-order valence-corrected chi connectivity index (χ0v) is 21.9. The lowest BCUT2D eigenvalue weighted by Crippen LogP contribution is -2.52. The normalized spacial score (nSPS) is 21.6. The van der Waals surface area contributed by atoms with Gasteiger partial charge < -0.3 is 0 Å². The maximum Gasteiger partial charge on any atom is 0.242 e. The zero-order chi connectivity index (χ0) is 26.0. The van der Waals surface area contributed by atoms with Gasteiger partial charge in [-0.25, -0.2) is 5.01 Å². The molecule has 0 bridgehead atoms. The number of nitrogens with one attached hydrogen (secondary N) is 1. The third-order valence-corrected chi connectivity index (χ3v) is 8.27. The van der Waals surface area contributed by atoms with Crippen molar-refractivity contribution in [3.8, 4) is 22.5 Å². The highest BCUT2D eigenvalue weighted by Gasteiger charge is 2.58. The molecule has 3 aromatic carbocycles. The van der Waals surface area contributed by atoms with Gasteiger partial charge in [0.05, 0.1) is 11.5 Å². The number of unbranched alkanes of at least 4 members (excludes halogenated alkanes) is 1. The van der Waals surface area contributed by atoms with Gasteiger partial charge in [-0.1, -0.05) is 98.6 Å². The molecule has 0 radical (unpaired) electrons. The molecule has 1 aromatic heterocycles. The van der Waals surface area contributed by atoms with Crippen LogP contribution in [0.2, 0.25) is 0 Å². The molecule has 194 valence electrons. The first-order chi connectivity index (χ1) is 18.7. The Balaban J connectivity index is 1.36. The molecule has 0 saturated carbocycles. The van der Waals surface area contributed by atoms with E-state index in [1.165, 1.54) is 11.1 Å². The number of carbonyl (C=O) groups is 1. The molecule has 0 aliphatic carbocycles. The van der Waals surface area contributed by atoms with Crippen molar-refractivity contribution in [2.24, 2.45) is 5.92 Å². The molecule has 6 rings (SSSR count). The highest BCUT2D eigenvalue weighted by atomic mass is 16.2. The Morgan fingerprint density at radius 2 is 1.66 bits per heavy atom. The molecule has 1 N–H and O–H groups in total. The summed E-state index contributed by atoms with van der Waals surface area (Å²) in [5.74, 6) is 0.735. The standard InChI is InChI=1S/C31H34N6O/c1-2-3-19-31(25-11-5-4-6-12-25)28(30(38)36-20-9-10-21-37(31)36)22-23-15-17-24(18-16-23)26-13-7-8-14-27(26)29-32-34-35-33-29/h4-8,11-18,28H,2-3,9-10,19-22H2,1H3,(H,32,33,34,35). The van der Waals surface area contributed by atoms with Gasteiger partial charge in [-0.3, -0.25) is 9.80 Å². The maximum absolute atomic E-state index is 14.0. The number of H-pyrrole nitrogens is 1. The molecule has 2 aliphatic heterocycles. The Bertz CT molecular complexity index is 1370. The van der Waals surface area contributed by atoms with Crippen molar-refractivity contribution in [2.75, 3.05) is 13.1 Å². The second-order valence-corrected chi connectivity index (χ2v) is 10.4. The van der Waals surface area contributed by atoms with E-state index >= 15 is 0 Å². The van der Waals surface area contributed by atoms with E-state index in [0.717, 1.165) is 68.3 Å². The second-order valence-electron chi connectivity index (χ2n) is 10.4. The van der Waals surface area contributed by atoms with Crippen LogP contribution >= 0.6 is 0 Å². The number of hydrogen-bond donors (Lipinski definition) is 1. The monoisotopic (exact) mass is 506 g/mol. The van der Waals surface area contributed by atoms with Crippen molar-refractivity contribution in [1.29, 1.82) is 0 Å². The number of benzene rings is 3. The minimum absolute atomic E-state index is 0.119. The van der Waals surface area contributed by atoms with Crippen LogP contribution in [-0.2, 0) is 16.8 Å². The Kier molecular flexibility index (Phi) is 6.77. The van der Waals surface area contributed by atoms with E-state index in [-0.39, 0.29) is 17.4 Å². The summed E-state index contributed by atoms with van der Waals surface area (Å²) in [6, 6.07) is 27.5. The highest BCUT2D eigenvalue weighted by Crippen LogP contribution is 2.50. The molecule has 1 amide bonds. The van der Waals surface area contributed by atoms with E-state index in [0.29, 0.717) is 5.82 Å². The number of tetrazole rings is 1. The van der Waals surface area contributed by atoms with E-state index in [9.17, 15) is 4.79 Å². The lowest BCUT2D eigenvalue weighted by molar-refractivity contribution is -0.146. The number of aromatic nitrogens is 4. The average Bonchev–Trinajstić information content (AvgIpc) is 3.60. The van der Waals surface area contributed by atoms with Crippen LogP contribution in [0.25, 0.3) is 22.5 Å². The van der Waals surface area contributed by atoms with Gasteiger partial charge in [0.25, 0.3) is 0 Å². The summed E-state index contributed by atoms with van der Waals surface area (Å²) in [4.78, 5) is 14.0. The first-order valence-electron chi connectivity index (χ1n) is 13.8. The first kappa shape index (κ1) is 24.5. The van der Waals surface area contributed by atoms with Crippen LogP contribution in [0.4, 0.5) is 0 Å². The summed E-state index contributed by atoms with van der Waals surface area (Å²) in [7, 11) is 0. The van der Waals surface area contributed by atoms with Crippen LogP contribution < -0.4 is 0 Å². The molecular formula is C31H34N6O. The van der Waals surface area contributed by atoms with E-state index in [2.05, 4.69) is 98.2 Å². The number of carbonyl (C=O) groups excluding carboxylic acids is 1. The highest BCUT2D eigenvalue weighted by molar-refractivity contribution is 5.83. The first-order valence-corrected chi connectivity index (χ1v) is 13.8. The summed E-state index contributed by atoms with van der Waals surface area (Å²) in [6.45, 7) is 4.00. The fourth-order valence-electron chi connectivity index (χ4n) is 6.46. The summed E-state index contributed by atoms with van der Waals surface area (Å²) in [6.07, 6.45) is 6.11. The summed E-state index contributed by atoms with van der Waals surface area (Å²) < 4.78 is 0. The number of amides is 1. The molecule has 0 spiro atoms. The summed E-state index contributed by atoms with van der Waals surface area (Å²) in [5, 5.41) is 19.1. The lowest BCUT2D eigenvalue weighted by Gasteiger charge is -2.45. The number of nitrogens with zero attached hydrogens (tertiary/aromatic N) is 5. The smallest absolute Gasteiger partial charge is 0.242 e. The van der Waals surface area contributed by atoms with Crippen LogP contribution in [-0.4, -0.2) is 49.6 Å². The van der Waals surface area contributed by atoms with Gasteiger partial charge in [-0.2, -0.15) is 5.21 Å². The number of hydrazine groups is 1. The van der Waals surface area contributed by atoms with E-state index < -0.39 is 0 Å². The van der Waals surface area contributed by atoms with Gasteiger partial charge in [0.15, 0.2) is 0 Å². The summed E-state index contributed by atoms with van der Waals surface area (Å²) >= 11 is 0. The van der Waals surface area contributed by atoms with Crippen molar-refractivity contribution in [3.63, 3.8) is 0 Å². The topological polar surface area (TPSA) is 78.0 Å². The lowest BCUT2D eigenvalue weighted by atomic mass is 9.72. The van der Waals surface area contributed by atoms with Crippen LogP contribution in [0.5, 0.6) is 0 Å². The van der Waals surface area contributed by atoms with E-state index in [4.69, 9.17) is 0 Å². The van der Waals surface area contributed by atoms with Gasteiger partial charge >= 0.3 is 0 Å². The van der Waals surface area contributed by atoms with Crippen molar-refractivity contribution in [3.05, 3.63) is 90.0 Å². The predicted octanol–water partition coefficient (Wildman–Crippen LogP) is 5.63. The minimum Gasteiger partial charge on any atom is -0.274 e.